The van der Waals surface area contributed by atoms with Gasteiger partial charge in [0, 0.05) is 41.5 Å². The van der Waals surface area contributed by atoms with Gasteiger partial charge in [-0.1, -0.05) is 41.7 Å². The molecule has 6 nitrogen and oxygen atoms in total. The van der Waals surface area contributed by atoms with E-state index in [9.17, 15) is 23.1 Å². The van der Waals surface area contributed by atoms with Crippen LogP contribution in [0.4, 0.5) is 13.2 Å². The fourth-order valence-corrected chi connectivity index (χ4v) is 3.91. The molecule has 10 heteroatoms. The Morgan fingerprint density at radius 1 is 1.19 bits per heavy atom. The Bertz CT molecular complexity index is 1230. The maximum atomic E-state index is 14.2. The Labute approximate surface area is 184 Å². The second kappa shape index (κ2) is 9.33. The third-order valence-corrected chi connectivity index (χ3v) is 5.68. The van der Waals surface area contributed by atoms with Gasteiger partial charge in [0.15, 0.2) is 0 Å². The molecule has 0 saturated heterocycles. The van der Waals surface area contributed by atoms with Crippen LogP contribution in [-0.4, -0.2) is 26.2 Å². The van der Waals surface area contributed by atoms with E-state index < -0.39 is 35.9 Å². The summed E-state index contributed by atoms with van der Waals surface area (Å²) in [5.74, 6) is -3.53. The Balaban J connectivity index is 1.41. The number of nitrogens with one attached hydrogen (secondary N) is 2. The molecule has 0 saturated carbocycles. The minimum Gasteiger partial charge on any atom is -0.384 e. The Morgan fingerprint density at radius 3 is 2.75 bits per heavy atom. The minimum atomic E-state index is -1.55. The zero-order valence-corrected chi connectivity index (χ0v) is 17.3. The van der Waals surface area contributed by atoms with Crippen molar-refractivity contribution >= 4 is 17.2 Å². The summed E-state index contributed by atoms with van der Waals surface area (Å²) in [6.07, 6.45) is 0.254. The zero-order valence-electron chi connectivity index (χ0n) is 16.5. The normalized spacial score (nSPS) is 15.1. The maximum Gasteiger partial charge on any atom is 0.268 e. The fraction of sp³-hybridized carbons (Fsp3) is 0.136. The number of hydrogen-bond donors (Lipinski definition) is 3. The van der Waals surface area contributed by atoms with Crippen molar-refractivity contribution in [2.75, 3.05) is 0 Å². The lowest BCUT2D eigenvalue weighted by atomic mass is 10.00. The first kappa shape index (κ1) is 21.7. The highest BCUT2D eigenvalue weighted by Gasteiger charge is 2.23. The molecule has 3 aromatic rings. The lowest BCUT2D eigenvalue weighted by molar-refractivity contribution is 0.0946. The van der Waals surface area contributed by atoms with E-state index in [1.807, 2.05) is 30.3 Å². The topological polar surface area (TPSA) is 90.9 Å². The van der Waals surface area contributed by atoms with Gasteiger partial charge in [0.05, 0.1) is 6.54 Å². The molecule has 1 aliphatic carbocycles. The molecule has 32 heavy (non-hydrogen) atoms. The van der Waals surface area contributed by atoms with E-state index in [0.29, 0.717) is 17.2 Å². The molecule has 2 heterocycles. The van der Waals surface area contributed by atoms with Crippen LogP contribution in [0, 0.1) is 0 Å². The molecule has 1 atom stereocenters. The van der Waals surface area contributed by atoms with Crippen LogP contribution in [0.15, 0.2) is 77.8 Å². The van der Waals surface area contributed by atoms with Gasteiger partial charge in [-0.3, -0.25) is 4.79 Å². The van der Waals surface area contributed by atoms with Gasteiger partial charge in [-0.05, 0) is 6.07 Å². The van der Waals surface area contributed by atoms with Crippen LogP contribution < -0.4 is 5.32 Å². The second-order valence-corrected chi connectivity index (χ2v) is 8.03. The number of allylic oxidation sites excluding steroid dienone is 5. The van der Waals surface area contributed by atoms with Crippen LogP contribution in [0.2, 0.25) is 0 Å². The number of H-pyrrole nitrogens is 1. The summed E-state index contributed by atoms with van der Waals surface area (Å²) in [6.45, 7) is 0.139. The van der Waals surface area contributed by atoms with Gasteiger partial charge in [-0.2, -0.15) is 0 Å². The molecule has 0 radical (unpaired) electrons. The van der Waals surface area contributed by atoms with E-state index in [-0.39, 0.29) is 23.4 Å². The number of aliphatic hydroxyl groups excluding tert-OH is 1. The van der Waals surface area contributed by atoms with Crippen molar-refractivity contribution in [2.45, 2.75) is 19.1 Å². The molecule has 0 aliphatic heterocycles. The van der Waals surface area contributed by atoms with E-state index in [0.717, 1.165) is 10.6 Å². The predicted molar refractivity (Wildman–Crippen MR) is 113 cm³/mol. The van der Waals surface area contributed by atoms with Gasteiger partial charge in [-0.15, -0.1) is 10.2 Å². The molecule has 3 N–H and O–H groups in total. The van der Waals surface area contributed by atoms with Gasteiger partial charge >= 0.3 is 0 Å². The van der Waals surface area contributed by atoms with Crippen molar-refractivity contribution in [1.29, 1.82) is 0 Å². The molecule has 164 valence electrons. The van der Waals surface area contributed by atoms with Crippen LogP contribution in [0.3, 0.4) is 0 Å². The number of halogens is 3. The quantitative estimate of drug-likeness (QED) is 0.494. The Morgan fingerprint density at radius 2 is 1.97 bits per heavy atom. The number of aliphatic hydroxyl groups is 1. The molecule has 1 aliphatic rings. The number of amides is 1. The van der Waals surface area contributed by atoms with Crippen LogP contribution in [0.1, 0.15) is 33.6 Å². The highest BCUT2D eigenvalue weighted by atomic mass is 32.1. The Hall–Kier alpha value is -3.50. The van der Waals surface area contributed by atoms with E-state index in [1.165, 1.54) is 23.6 Å². The molecular weight excluding hydrogens is 441 g/mol. The average molecular weight is 458 g/mol. The van der Waals surface area contributed by atoms with E-state index in [4.69, 9.17) is 0 Å². The number of carbonyl (C=O) groups is 1. The van der Waals surface area contributed by atoms with Crippen molar-refractivity contribution in [3.8, 4) is 10.6 Å². The van der Waals surface area contributed by atoms with Gasteiger partial charge < -0.3 is 15.4 Å². The molecule has 4 rings (SSSR count). The molecule has 2 aromatic heterocycles. The number of rotatable bonds is 6. The molecule has 0 spiro atoms. The smallest absolute Gasteiger partial charge is 0.268 e. The van der Waals surface area contributed by atoms with Crippen LogP contribution in [0.25, 0.3) is 10.6 Å². The first-order valence-corrected chi connectivity index (χ1v) is 10.4. The molecular formula is C22H17F3N4O2S. The van der Waals surface area contributed by atoms with E-state index in [1.54, 1.807) is 0 Å². The Kier molecular flexibility index (Phi) is 6.33. The van der Waals surface area contributed by atoms with Crippen molar-refractivity contribution in [3.05, 3.63) is 94.1 Å². The highest BCUT2D eigenvalue weighted by molar-refractivity contribution is 7.14. The fourth-order valence-electron chi connectivity index (χ4n) is 3.12. The van der Waals surface area contributed by atoms with Crippen molar-refractivity contribution < 1.29 is 23.1 Å². The minimum absolute atomic E-state index is 0.110. The highest BCUT2D eigenvalue weighted by Crippen LogP contribution is 2.34. The monoisotopic (exact) mass is 458 g/mol. The predicted octanol–water partition coefficient (Wildman–Crippen LogP) is 4.83. The maximum absolute atomic E-state index is 14.2. The zero-order chi connectivity index (χ0) is 22.7. The summed E-state index contributed by atoms with van der Waals surface area (Å²) in [5, 5.41) is 22.6. The second-order valence-electron chi connectivity index (χ2n) is 6.97. The first-order chi connectivity index (χ1) is 15.4. The summed E-state index contributed by atoms with van der Waals surface area (Å²) in [5.41, 5.74) is 0.844. The van der Waals surface area contributed by atoms with E-state index in [2.05, 4.69) is 20.5 Å². The summed E-state index contributed by atoms with van der Waals surface area (Å²) in [4.78, 5) is 15.1. The van der Waals surface area contributed by atoms with Gasteiger partial charge in [-0.25, -0.2) is 13.2 Å². The van der Waals surface area contributed by atoms with Crippen molar-refractivity contribution in [3.63, 3.8) is 0 Å². The summed E-state index contributed by atoms with van der Waals surface area (Å²) >= 11 is 1.34. The molecule has 1 aromatic carbocycles. The summed E-state index contributed by atoms with van der Waals surface area (Å²) in [7, 11) is 0. The number of hydrogen-bond acceptors (Lipinski definition) is 5. The lowest BCUT2D eigenvalue weighted by Gasteiger charge is -2.13. The number of aromatic amines is 1. The molecule has 1 amide bonds. The van der Waals surface area contributed by atoms with Crippen molar-refractivity contribution in [2.24, 2.45) is 0 Å². The number of carbonyl (C=O) groups excluding carboxylic acids is 1. The molecule has 1 unspecified atom stereocenters. The van der Waals surface area contributed by atoms with Gasteiger partial charge in [0.25, 0.3) is 5.91 Å². The van der Waals surface area contributed by atoms with Crippen LogP contribution in [0.5, 0.6) is 0 Å². The van der Waals surface area contributed by atoms with Crippen molar-refractivity contribution in [1.82, 2.24) is 20.5 Å². The average Bonchev–Trinajstić information content (AvgIpc) is 3.43. The number of aromatic nitrogens is 3. The molecule has 0 bridgehead atoms. The van der Waals surface area contributed by atoms with Gasteiger partial charge in [0.1, 0.15) is 39.3 Å². The lowest BCUT2D eigenvalue weighted by Crippen LogP contribution is -2.23. The third kappa shape index (κ3) is 4.87. The largest absolute Gasteiger partial charge is 0.384 e. The number of benzene rings is 1. The summed E-state index contributed by atoms with van der Waals surface area (Å²) in [6, 6.07) is 10.8. The molecule has 0 fully saturated rings. The standard InChI is InChI=1S/C22H17F3N4O2S/c23-14-7-15(24)9-17(25)16(8-14)20(30)13-6-18(26-10-13)21(31)27-11-19-28-29-22(32-19)12-4-2-1-3-5-12/h1-7,9-10,20,26,30H,8,11H2,(H,27,31). The number of nitrogens with zero attached hydrogens (tertiary/aromatic N) is 2. The summed E-state index contributed by atoms with van der Waals surface area (Å²) < 4.78 is 41.2. The van der Waals surface area contributed by atoms with E-state index >= 15 is 0 Å². The van der Waals surface area contributed by atoms with Gasteiger partial charge in [0.2, 0.25) is 0 Å². The van der Waals surface area contributed by atoms with Crippen LogP contribution in [-0.2, 0) is 6.54 Å². The SMILES string of the molecule is O=C(NCc1nnc(-c2ccccc2)s1)c1cc(C(O)C2=C(F)C=C(F)C=C(F)C2)c[nH]1. The third-order valence-electron chi connectivity index (χ3n) is 4.71. The first-order valence-electron chi connectivity index (χ1n) is 9.55. The van der Waals surface area contributed by atoms with Crippen LogP contribution >= 0.6 is 11.3 Å².